The van der Waals surface area contributed by atoms with E-state index in [9.17, 15) is 0 Å². The number of imidazole rings is 1. The Balaban J connectivity index is 2.02. The van der Waals surface area contributed by atoms with Crippen LogP contribution in [0.4, 0.5) is 10.8 Å². The molecule has 0 atom stereocenters. The molecule has 0 amide bonds. The summed E-state index contributed by atoms with van der Waals surface area (Å²) in [4.78, 5) is 6.94. The number of hydrogen-bond donors (Lipinski definition) is 3. The van der Waals surface area contributed by atoms with Gasteiger partial charge in [-0.3, -0.25) is 0 Å². The van der Waals surface area contributed by atoms with Crippen molar-refractivity contribution >= 4 is 22.4 Å². The molecule has 0 spiro atoms. The Kier molecular flexibility index (Phi) is 2.36. The fourth-order valence-electron chi connectivity index (χ4n) is 1.07. The minimum atomic E-state index is 0.599. The molecule has 2 aromatic heterocycles. The maximum atomic E-state index is 5.63. The number of H-pyrrole nitrogens is 1. The lowest BCUT2D eigenvalue weighted by molar-refractivity contribution is 1.08. The number of aromatic amines is 1. The van der Waals surface area contributed by atoms with E-state index in [0.29, 0.717) is 12.4 Å². The van der Waals surface area contributed by atoms with E-state index in [4.69, 9.17) is 5.73 Å². The quantitative estimate of drug-likeness (QED) is 0.713. The largest absolute Gasteiger partial charge is 0.383 e. The van der Waals surface area contributed by atoms with E-state index in [0.717, 1.165) is 16.3 Å². The Morgan fingerprint density at radius 2 is 2.50 bits per heavy atom. The highest BCUT2D eigenvalue weighted by atomic mass is 32.1. The second-order valence-corrected chi connectivity index (χ2v) is 3.73. The number of rotatable bonds is 3. The second kappa shape index (κ2) is 3.67. The van der Waals surface area contributed by atoms with Crippen LogP contribution in [-0.2, 0) is 6.54 Å². The fourth-order valence-corrected chi connectivity index (χ4v) is 1.77. The predicted molar refractivity (Wildman–Crippen MR) is 57.2 cm³/mol. The minimum absolute atomic E-state index is 0.599. The summed E-state index contributed by atoms with van der Waals surface area (Å²) in [5, 5.41) is 4.25. The van der Waals surface area contributed by atoms with E-state index in [2.05, 4.69) is 19.7 Å². The van der Waals surface area contributed by atoms with Crippen molar-refractivity contribution in [1.82, 2.24) is 14.3 Å². The number of nitrogens with zero attached hydrogens (tertiary/aromatic N) is 2. The number of nitrogens with one attached hydrogen (secondary N) is 2. The SMILES string of the molecule is Cc1c(N)nsc1NCc1cnc[nH]1. The lowest BCUT2D eigenvalue weighted by Crippen LogP contribution is -1.99. The van der Waals surface area contributed by atoms with Gasteiger partial charge in [0, 0.05) is 11.8 Å². The maximum Gasteiger partial charge on any atom is 0.142 e. The van der Waals surface area contributed by atoms with Crippen LogP contribution < -0.4 is 11.1 Å². The van der Waals surface area contributed by atoms with Gasteiger partial charge in [-0.05, 0) is 18.5 Å². The molecule has 14 heavy (non-hydrogen) atoms. The van der Waals surface area contributed by atoms with Crippen molar-refractivity contribution in [3.63, 3.8) is 0 Å². The molecule has 2 heterocycles. The summed E-state index contributed by atoms with van der Waals surface area (Å²) in [6, 6.07) is 0. The van der Waals surface area contributed by atoms with E-state index < -0.39 is 0 Å². The van der Waals surface area contributed by atoms with Gasteiger partial charge in [0.15, 0.2) is 0 Å². The average Bonchev–Trinajstić information content (AvgIpc) is 2.77. The molecule has 0 aliphatic heterocycles. The molecule has 5 nitrogen and oxygen atoms in total. The lowest BCUT2D eigenvalue weighted by atomic mass is 10.3. The first-order chi connectivity index (χ1) is 6.77. The third-order valence-corrected chi connectivity index (χ3v) is 2.88. The molecule has 0 saturated heterocycles. The van der Waals surface area contributed by atoms with Crippen LogP contribution in [0.2, 0.25) is 0 Å². The van der Waals surface area contributed by atoms with Gasteiger partial charge in [0.25, 0.3) is 0 Å². The van der Waals surface area contributed by atoms with Crippen molar-refractivity contribution in [2.24, 2.45) is 0 Å². The Labute approximate surface area is 85.5 Å². The van der Waals surface area contributed by atoms with Gasteiger partial charge in [0.2, 0.25) is 0 Å². The molecule has 0 unspecified atom stereocenters. The third kappa shape index (κ3) is 1.69. The van der Waals surface area contributed by atoms with Gasteiger partial charge in [0.1, 0.15) is 10.8 Å². The standard InChI is InChI=1S/C8H11N5S/c1-5-7(9)13-14-8(5)11-3-6-2-10-4-12-6/h2,4,11H,3H2,1H3,(H2,9,13)(H,10,12). The maximum absolute atomic E-state index is 5.63. The fraction of sp³-hybridized carbons (Fsp3) is 0.250. The third-order valence-electron chi connectivity index (χ3n) is 1.95. The van der Waals surface area contributed by atoms with Gasteiger partial charge in [-0.1, -0.05) is 0 Å². The molecule has 0 aromatic carbocycles. The van der Waals surface area contributed by atoms with Crippen LogP contribution in [0.5, 0.6) is 0 Å². The zero-order valence-electron chi connectivity index (χ0n) is 7.74. The van der Waals surface area contributed by atoms with Crippen LogP contribution in [0, 0.1) is 6.92 Å². The zero-order chi connectivity index (χ0) is 9.97. The number of aromatic nitrogens is 3. The smallest absolute Gasteiger partial charge is 0.142 e. The average molecular weight is 209 g/mol. The molecule has 0 aliphatic rings. The van der Waals surface area contributed by atoms with Crippen LogP contribution in [0.25, 0.3) is 0 Å². The van der Waals surface area contributed by atoms with Crippen molar-refractivity contribution in [2.75, 3.05) is 11.1 Å². The highest BCUT2D eigenvalue weighted by Crippen LogP contribution is 2.25. The van der Waals surface area contributed by atoms with Crippen LogP contribution in [0.1, 0.15) is 11.3 Å². The van der Waals surface area contributed by atoms with Gasteiger partial charge >= 0.3 is 0 Å². The highest BCUT2D eigenvalue weighted by Gasteiger charge is 2.05. The number of nitrogens with two attached hydrogens (primary N) is 1. The summed E-state index contributed by atoms with van der Waals surface area (Å²) >= 11 is 1.38. The molecule has 0 aliphatic carbocycles. The van der Waals surface area contributed by atoms with Gasteiger partial charge in [-0.25, -0.2) is 4.98 Å². The Bertz CT molecular complexity index is 405. The molecule has 2 rings (SSSR count). The molecule has 6 heteroatoms. The Hall–Kier alpha value is -1.56. The molecular formula is C8H11N5S. The first kappa shape index (κ1) is 9.01. The molecular weight excluding hydrogens is 198 g/mol. The summed E-state index contributed by atoms with van der Waals surface area (Å²) in [6.07, 6.45) is 3.44. The van der Waals surface area contributed by atoms with Crippen molar-refractivity contribution in [2.45, 2.75) is 13.5 Å². The van der Waals surface area contributed by atoms with E-state index in [-0.39, 0.29) is 0 Å². The van der Waals surface area contributed by atoms with Gasteiger partial charge < -0.3 is 16.0 Å². The first-order valence-electron chi connectivity index (χ1n) is 4.20. The molecule has 74 valence electrons. The molecule has 0 saturated carbocycles. The summed E-state index contributed by atoms with van der Waals surface area (Å²) < 4.78 is 4.05. The van der Waals surface area contributed by atoms with Crippen molar-refractivity contribution in [1.29, 1.82) is 0 Å². The first-order valence-corrected chi connectivity index (χ1v) is 4.97. The molecule has 2 aromatic rings. The Morgan fingerprint density at radius 3 is 3.07 bits per heavy atom. The molecule has 0 bridgehead atoms. The summed E-state index contributed by atoms with van der Waals surface area (Å²) in [7, 11) is 0. The van der Waals surface area contributed by atoms with Crippen LogP contribution in [0.15, 0.2) is 12.5 Å². The van der Waals surface area contributed by atoms with Crippen LogP contribution in [-0.4, -0.2) is 14.3 Å². The molecule has 0 radical (unpaired) electrons. The normalized spacial score (nSPS) is 10.4. The Morgan fingerprint density at radius 1 is 1.64 bits per heavy atom. The molecule has 0 fully saturated rings. The zero-order valence-corrected chi connectivity index (χ0v) is 8.56. The molecule has 4 N–H and O–H groups in total. The van der Waals surface area contributed by atoms with Crippen LogP contribution in [0.3, 0.4) is 0 Å². The van der Waals surface area contributed by atoms with Gasteiger partial charge in [-0.2, -0.15) is 4.37 Å². The number of hydrogen-bond acceptors (Lipinski definition) is 5. The number of nitrogen functional groups attached to an aromatic ring is 1. The van der Waals surface area contributed by atoms with Crippen molar-refractivity contribution in [3.8, 4) is 0 Å². The van der Waals surface area contributed by atoms with E-state index in [1.807, 2.05) is 6.92 Å². The van der Waals surface area contributed by atoms with E-state index in [1.165, 1.54) is 11.5 Å². The van der Waals surface area contributed by atoms with Crippen molar-refractivity contribution < 1.29 is 0 Å². The van der Waals surface area contributed by atoms with Crippen LogP contribution >= 0.6 is 11.5 Å². The van der Waals surface area contributed by atoms with E-state index >= 15 is 0 Å². The van der Waals surface area contributed by atoms with Gasteiger partial charge in [-0.15, -0.1) is 0 Å². The topological polar surface area (TPSA) is 79.6 Å². The summed E-state index contributed by atoms with van der Waals surface area (Å²) in [5.74, 6) is 0.599. The highest BCUT2D eigenvalue weighted by molar-refractivity contribution is 7.10. The monoisotopic (exact) mass is 209 g/mol. The van der Waals surface area contributed by atoms with Gasteiger partial charge in [0.05, 0.1) is 18.6 Å². The second-order valence-electron chi connectivity index (χ2n) is 2.95. The lowest BCUT2D eigenvalue weighted by Gasteiger charge is -2.01. The summed E-state index contributed by atoms with van der Waals surface area (Å²) in [6.45, 7) is 2.66. The summed E-state index contributed by atoms with van der Waals surface area (Å²) in [5.41, 5.74) is 7.68. The predicted octanol–water partition coefficient (Wildman–Crippen LogP) is 1.37. The minimum Gasteiger partial charge on any atom is -0.383 e. The van der Waals surface area contributed by atoms with E-state index in [1.54, 1.807) is 12.5 Å². The van der Waals surface area contributed by atoms with Crippen molar-refractivity contribution in [3.05, 3.63) is 23.8 Å². The number of anilines is 2.